The Morgan fingerprint density at radius 3 is 2.11 bits per heavy atom. The van der Waals surface area contributed by atoms with Gasteiger partial charge >= 0.3 is 0 Å². The topological polar surface area (TPSA) is 97.2 Å². The fourth-order valence-electron chi connectivity index (χ4n) is 4.45. The van der Waals surface area contributed by atoms with Crippen LogP contribution in [0.3, 0.4) is 0 Å². The van der Waals surface area contributed by atoms with Crippen LogP contribution >= 0.6 is 11.8 Å². The zero-order chi connectivity index (χ0) is 26.1. The van der Waals surface area contributed by atoms with Gasteiger partial charge in [-0.3, -0.25) is 14.4 Å². The van der Waals surface area contributed by atoms with Gasteiger partial charge in [0.1, 0.15) is 0 Å². The SMILES string of the molecule is CCn1c(SCC(=O)Nc2cc(C)cc(C)c2)nnc1-c1ccc(N2C(=O)c3ccccc3C2=O)cc1. The summed E-state index contributed by atoms with van der Waals surface area (Å²) in [6.45, 7) is 6.59. The minimum Gasteiger partial charge on any atom is -0.325 e. The fourth-order valence-corrected chi connectivity index (χ4v) is 5.25. The van der Waals surface area contributed by atoms with E-state index in [0.29, 0.717) is 34.3 Å². The van der Waals surface area contributed by atoms with Crippen molar-refractivity contribution in [3.8, 4) is 11.4 Å². The number of fused-ring (bicyclic) bond motifs is 1. The van der Waals surface area contributed by atoms with Gasteiger partial charge in [-0.05, 0) is 80.4 Å². The number of nitrogens with zero attached hydrogens (tertiary/aromatic N) is 4. The molecule has 0 fully saturated rings. The zero-order valence-electron chi connectivity index (χ0n) is 20.7. The predicted molar refractivity (Wildman–Crippen MR) is 144 cm³/mol. The van der Waals surface area contributed by atoms with Crippen molar-refractivity contribution in [1.82, 2.24) is 14.8 Å². The number of rotatable bonds is 7. The van der Waals surface area contributed by atoms with Crippen LogP contribution in [0, 0.1) is 13.8 Å². The number of aryl methyl sites for hydroxylation is 2. The molecule has 1 N–H and O–H groups in total. The lowest BCUT2D eigenvalue weighted by molar-refractivity contribution is -0.113. The lowest BCUT2D eigenvalue weighted by Gasteiger charge is -2.14. The highest BCUT2D eigenvalue weighted by Gasteiger charge is 2.36. The van der Waals surface area contributed by atoms with Gasteiger partial charge in [-0.2, -0.15) is 0 Å². The van der Waals surface area contributed by atoms with Crippen LogP contribution in [0.2, 0.25) is 0 Å². The van der Waals surface area contributed by atoms with Crippen molar-refractivity contribution in [2.45, 2.75) is 32.5 Å². The normalized spacial score (nSPS) is 12.7. The molecule has 0 spiro atoms. The summed E-state index contributed by atoms with van der Waals surface area (Å²) < 4.78 is 1.94. The van der Waals surface area contributed by atoms with E-state index in [9.17, 15) is 14.4 Å². The number of carbonyl (C=O) groups excluding carboxylic acids is 3. The quantitative estimate of drug-likeness (QED) is 0.273. The van der Waals surface area contributed by atoms with E-state index in [0.717, 1.165) is 22.4 Å². The summed E-state index contributed by atoms with van der Waals surface area (Å²) in [4.78, 5) is 39.3. The molecule has 3 amide bonds. The standard InChI is InChI=1S/C28H25N5O3S/c1-4-32-25(30-31-28(32)37-16-24(34)29-20-14-17(2)13-18(3)15-20)19-9-11-21(12-10-19)33-26(35)22-7-5-6-8-23(22)27(33)36/h5-15H,4,16H2,1-3H3,(H,29,34). The lowest BCUT2D eigenvalue weighted by atomic mass is 10.1. The third-order valence-electron chi connectivity index (χ3n) is 6.05. The van der Waals surface area contributed by atoms with Crippen molar-refractivity contribution >= 4 is 40.9 Å². The van der Waals surface area contributed by atoms with Crippen molar-refractivity contribution in [2.75, 3.05) is 16.0 Å². The Bertz CT molecular complexity index is 1470. The smallest absolute Gasteiger partial charge is 0.266 e. The molecule has 37 heavy (non-hydrogen) atoms. The molecular formula is C28H25N5O3S. The number of carbonyl (C=O) groups is 3. The lowest BCUT2D eigenvalue weighted by Crippen LogP contribution is -2.29. The summed E-state index contributed by atoms with van der Waals surface area (Å²) in [6.07, 6.45) is 0. The number of aromatic nitrogens is 3. The van der Waals surface area contributed by atoms with Gasteiger partial charge in [0.25, 0.3) is 11.8 Å². The zero-order valence-corrected chi connectivity index (χ0v) is 21.5. The molecule has 0 unspecified atom stereocenters. The molecule has 0 atom stereocenters. The molecule has 8 nitrogen and oxygen atoms in total. The first-order chi connectivity index (χ1) is 17.9. The van der Waals surface area contributed by atoms with Gasteiger partial charge in [-0.1, -0.05) is 30.0 Å². The Morgan fingerprint density at radius 1 is 0.892 bits per heavy atom. The van der Waals surface area contributed by atoms with Crippen LogP contribution in [0.15, 0.2) is 71.9 Å². The maximum atomic E-state index is 12.8. The summed E-state index contributed by atoms with van der Waals surface area (Å²) in [5, 5.41) is 12.2. The van der Waals surface area contributed by atoms with E-state index in [4.69, 9.17) is 0 Å². The Balaban J connectivity index is 1.29. The minimum absolute atomic E-state index is 0.118. The number of hydrogen-bond acceptors (Lipinski definition) is 6. The van der Waals surface area contributed by atoms with Gasteiger partial charge in [0.15, 0.2) is 11.0 Å². The third kappa shape index (κ3) is 4.77. The highest BCUT2D eigenvalue weighted by molar-refractivity contribution is 7.99. The summed E-state index contributed by atoms with van der Waals surface area (Å²) >= 11 is 1.32. The summed E-state index contributed by atoms with van der Waals surface area (Å²) in [7, 11) is 0. The molecule has 1 aromatic heterocycles. The Morgan fingerprint density at radius 2 is 1.51 bits per heavy atom. The van der Waals surface area contributed by atoms with E-state index >= 15 is 0 Å². The molecule has 2 heterocycles. The Kier molecular flexibility index (Phi) is 6.62. The van der Waals surface area contributed by atoms with Crippen LogP contribution in [-0.2, 0) is 11.3 Å². The first kappa shape index (κ1) is 24.5. The molecule has 0 radical (unpaired) electrons. The predicted octanol–water partition coefficient (Wildman–Crippen LogP) is 5.11. The van der Waals surface area contributed by atoms with Crippen LogP contribution < -0.4 is 10.2 Å². The van der Waals surface area contributed by atoms with Crippen molar-refractivity contribution in [2.24, 2.45) is 0 Å². The Hall–Kier alpha value is -4.24. The molecule has 5 rings (SSSR count). The van der Waals surface area contributed by atoms with Crippen LogP contribution in [0.5, 0.6) is 0 Å². The molecule has 4 aromatic rings. The largest absolute Gasteiger partial charge is 0.325 e. The monoisotopic (exact) mass is 511 g/mol. The highest BCUT2D eigenvalue weighted by atomic mass is 32.2. The fraction of sp³-hybridized carbons (Fsp3) is 0.179. The highest BCUT2D eigenvalue weighted by Crippen LogP contribution is 2.31. The summed E-state index contributed by atoms with van der Waals surface area (Å²) in [5.41, 5.74) is 5.06. The number of amides is 3. The summed E-state index contributed by atoms with van der Waals surface area (Å²) in [5.74, 6) is 0.0657. The van der Waals surface area contributed by atoms with Crippen LogP contribution in [0.25, 0.3) is 11.4 Å². The van der Waals surface area contributed by atoms with Gasteiger partial charge in [0.2, 0.25) is 5.91 Å². The molecule has 0 saturated carbocycles. The molecule has 1 aliphatic heterocycles. The van der Waals surface area contributed by atoms with Gasteiger partial charge in [-0.15, -0.1) is 10.2 Å². The molecular weight excluding hydrogens is 486 g/mol. The van der Waals surface area contributed by atoms with Gasteiger partial charge in [-0.25, -0.2) is 4.90 Å². The average molecular weight is 512 g/mol. The van der Waals surface area contributed by atoms with Crippen molar-refractivity contribution in [3.63, 3.8) is 0 Å². The minimum atomic E-state index is -0.331. The second-order valence-electron chi connectivity index (χ2n) is 8.80. The van der Waals surface area contributed by atoms with Crippen LogP contribution in [-0.4, -0.2) is 38.2 Å². The maximum Gasteiger partial charge on any atom is 0.266 e. The molecule has 0 aliphatic carbocycles. The Labute approximate surface area is 218 Å². The van der Waals surface area contributed by atoms with E-state index in [1.54, 1.807) is 36.4 Å². The maximum absolute atomic E-state index is 12.8. The molecule has 0 saturated heterocycles. The second-order valence-corrected chi connectivity index (χ2v) is 9.74. The number of benzene rings is 3. The van der Waals surface area contributed by atoms with Crippen molar-refractivity contribution in [1.29, 1.82) is 0 Å². The number of thioether (sulfide) groups is 1. The number of imide groups is 1. The molecule has 3 aromatic carbocycles. The first-order valence-corrected chi connectivity index (χ1v) is 12.9. The second kappa shape index (κ2) is 10.0. The molecule has 0 bridgehead atoms. The average Bonchev–Trinajstić information content (AvgIpc) is 3.40. The third-order valence-corrected chi connectivity index (χ3v) is 7.02. The van der Waals surface area contributed by atoms with Gasteiger partial charge in [0, 0.05) is 17.8 Å². The van der Waals surface area contributed by atoms with E-state index < -0.39 is 0 Å². The summed E-state index contributed by atoms with van der Waals surface area (Å²) in [6, 6.07) is 19.8. The van der Waals surface area contributed by atoms with Gasteiger partial charge < -0.3 is 9.88 Å². The van der Waals surface area contributed by atoms with Gasteiger partial charge in [0.05, 0.1) is 22.6 Å². The van der Waals surface area contributed by atoms with E-state index in [2.05, 4.69) is 21.6 Å². The number of hydrogen-bond donors (Lipinski definition) is 1. The van der Waals surface area contributed by atoms with Crippen LogP contribution in [0.1, 0.15) is 38.8 Å². The molecule has 1 aliphatic rings. The van der Waals surface area contributed by atoms with Crippen molar-refractivity contribution in [3.05, 3.63) is 89.0 Å². The number of anilines is 2. The van der Waals surface area contributed by atoms with E-state index in [1.165, 1.54) is 16.7 Å². The molecule has 186 valence electrons. The van der Waals surface area contributed by atoms with E-state index in [-0.39, 0.29) is 23.5 Å². The molecule has 9 heteroatoms. The van der Waals surface area contributed by atoms with Crippen molar-refractivity contribution < 1.29 is 14.4 Å². The number of nitrogens with one attached hydrogen (secondary N) is 1. The first-order valence-electron chi connectivity index (χ1n) is 11.9. The van der Waals surface area contributed by atoms with Crippen LogP contribution in [0.4, 0.5) is 11.4 Å². The van der Waals surface area contributed by atoms with E-state index in [1.807, 2.05) is 49.6 Å².